The van der Waals surface area contributed by atoms with Crippen LogP contribution in [0.2, 0.25) is 0 Å². The zero-order chi connectivity index (χ0) is 15.9. The summed E-state index contributed by atoms with van der Waals surface area (Å²) in [7, 11) is 1.66. The third-order valence-electron chi connectivity index (χ3n) is 3.54. The second-order valence-electron chi connectivity index (χ2n) is 5.21. The van der Waals surface area contributed by atoms with Gasteiger partial charge in [-0.1, -0.05) is 24.6 Å². The molecule has 1 aromatic heterocycles. The third-order valence-corrected chi connectivity index (χ3v) is 3.54. The van der Waals surface area contributed by atoms with E-state index in [0.717, 1.165) is 24.2 Å². The fourth-order valence-electron chi connectivity index (χ4n) is 2.33. The molecule has 0 radical (unpaired) electrons. The van der Waals surface area contributed by atoms with Gasteiger partial charge >= 0.3 is 0 Å². The van der Waals surface area contributed by atoms with Gasteiger partial charge in [-0.2, -0.15) is 5.10 Å². The molecule has 0 aliphatic rings. The highest BCUT2D eigenvalue weighted by molar-refractivity contribution is 5.95. The van der Waals surface area contributed by atoms with Gasteiger partial charge in [-0.15, -0.1) is 0 Å². The van der Waals surface area contributed by atoms with Crippen LogP contribution in [0.15, 0.2) is 30.5 Å². The summed E-state index contributed by atoms with van der Waals surface area (Å²) < 4.78 is 6.81. The average Bonchev–Trinajstić information content (AvgIpc) is 2.96. The molecule has 5 nitrogen and oxygen atoms in total. The molecule has 0 unspecified atom stereocenters. The van der Waals surface area contributed by atoms with Gasteiger partial charge in [0.15, 0.2) is 0 Å². The first-order chi connectivity index (χ1) is 10.7. The summed E-state index contributed by atoms with van der Waals surface area (Å²) in [6.07, 6.45) is 3.19. The third kappa shape index (κ3) is 3.74. The zero-order valence-corrected chi connectivity index (χ0v) is 13.4. The number of hydrogen-bond donors (Lipinski definition) is 1. The molecule has 1 amide bonds. The van der Waals surface area contributed by atoms with Gasteiger partial charge in [-0.05, 0) is 31.9 Å². The van der Waals surface area contributed by atoms with Gasteiger partial charge < -0.3 is 10.1 Å². The van der Waals surface area contributed by atoms with Crippen LogP contribution in [0, 0.1) is 6.92 Å². The minimum Gasteiger partial charge on any atom is -0.385 e. The molecule has 0 aliphatic heterocycles. The van der Waals surface area contributed by atoms with Crippen molar-refractivity contribution in [1.29, 1.82) is 0 Å². The number of aryl methyl sites for hydroxylation is 1. The second kappa shape index (κ2) is 7.75. The van der Waals surface area contributed by atoms with Gasteiger partial charge in [0, 0.05) is 20.3 Å². The van der Waals surface area contributed by atoms with Crippen LogP contribution >= 0.6 is 0 Å². The van der Waals surface area contributed by atoms with Crippen LogP contribution in [0.3, 0.4) is 0 Å². The maximum atomic E-state index is 12.3. The van der Waals surface area contributed by atoms with Crippen molar-refractivity contribution in [3.05, 3.63) is 47.3 Å². The molecule has 1 heterocycles. The van der Waals surface area contributed by atoms with Crippen LogP contribution in [-0.2, 0) is 11.2 Å². The lowest BCUT2D eigenvalue weighted by Gasteiger charge is -2.09. The van der Waals surface area contributed by atoms with E-state index in [2.05, 4.69) is 10.4 Å². The van der Waals surface area contributed by atoms with Crippen molar-refractivity contribution in [2.75, 3.05) is 20.3 Å². The molecule has 2 rings (SSSR count). The maximum absolute atomic E-state index is 12.3. The van der Waals surface area contributed by atoms with Crippen molar-refractivity contribution in [2.45, 2.75) is 26.7 Å². The van der Waals surface area contributed by atoms with Crippen molar-refractivity contribution < 1.29 is 9.53 Å². The Bertz CT molecular complexity index is 617. The highest BCUT2D eigenvalue weighted by Crippen LogP contribution is 2.16. The van der Waals surface area contributed by atoms with E-state index >= 15 is 0 Å². The largest absolute Gasteiger partial charge is 0.385 e. The number of aromatic nitrogens is 2. The van der Waals surface area contributed by atoms with Crippen molar-refractivity contribution in [1.82, 2.24) is 15.1 Å². The number of carbonyl (C=O) groups excluding carboxylic acids is 1. The predicted molar refractivity (Wildman–Crippen MR) is 86.5 cm³/mol. The Morgan fingerprint density at radius 2 is 2.05 bits per heavy atom. The van der Waals surface area contributed by atoms with Crippen LogP contribution < -0.4 is 5.32 Å². The van der Waals surface area contributed by atoms with Gasteiger partial charge in [0.05, 0.1) is 23.1 Å². The minimum absolute atomic E-state index is 0.0775. The first kappa shape index (κ1) is 16.2. The normalized spacial score (nSPS) is 10.7. The van der Waals surface area contributed by atoms with E-state index in [1.807, 2.05) is 42.8 Å². The minimum atomic E-state index is -0.0775. The van der Waals surface area contributed by atoms with Crippen LogP contribution in [-0.4, -0.2) is 35.9 Å². The Hall–Kier alpha value is -2.14. The number of hydrogen-bond acceptors (Lipinski definition) is 3. The molecule has 0 bridgehead atoms. The lowest BCUT2D eigenvalue weighted by molar-refractivity contribution is 0.0947. The van der Waals surface area contributed by atoms with Gasteiger partial charge in [-0.3, -0.25) is 4.79 Å². The summed E-state index contributed by atoms with van der Waals surface area (Å²) in [6, 6.07) is 8.12. The quantitative estimate of drug-likeness (QED) is 0.799. The highest BCUT2D eigenvalue weighted by Gasteiger charge is 2.16. The van der Waals surface area contributed by atoms with Crippen LogP contribution in [0.25, 0.3) is 5.69 Å². The summed E-state index contributed by atoms with van der Waals surface area (Å²) in [5, 5.41) is 7.29. The van der Waals surface area contributed by atoms with E-state index in [4.69, 9.17) is 4.74 Å². The van der Waals surface area contributed by atoms with Gasteiger partial charge in [0.2, 0.25) is 0 Å². The van der Waals surface area contributed by atoms with Gasteiger partial charge in [-0.25, -0.2) is 4.68 Å². The average molecular weight is 301 g/mol. The topological polar surface area (TPSA) is 56.1 Å². The van der Waals surface area contributed by atoms with Crippen LogP contribution in [0.5, 0.6) is 0 Å². The Labute approximate surface area is 131 Å². The summed E-state index contributed by atoms with van der Waals surface area (Å²) in [5.41, 5.74) is 3.74. The molecule has 118 valence electrons. The first-order valence-corrected chi connectivity index (χ1v) is 7.58. The van der Waals surface area contributed by atoms with Crippen molar-refractivity contribution in [2.24, 2.45) is 0 Å². The second-order valence-corrected chi connectivity index (χ2v) is 5.21. The predicted octanol–water partition coefficient (Wildman–Crippen LogP) is 2.51. The molecular weight excluding hydrogens is 278 g/mol. The molecule has 1 N–H and O–H groups in total. The SMILES string of the molecule is CCc1c(C(=O)NCCCOC)cnn1-c1ccc(C)cc1. The number of nitrogens with one attached hydrogen (secondary N) is 1. The number of ether oxygens (including phenoxy) is 1. The molecule has 2 aromatic rings. The number of nitrogens with zero attached hydrogens (tertiary/aromatic N) is 2. The van der Waals surface area contributed by atoms with E-state index < -0.39 is 0 Å². The molecular formula is C17H23N3O2. The smallest absolute Gasteiger partial charge is 0.254 e. The number of rotatable bonds is 7. The van der Waals surface area contributed by atoms with E-state index in [1.165, 1.54) is 5.56 Å². The fraction of sp³-hybridized carbons (Fsp3) is 0.412. The van der Waals surface area contributed by atoms with E-state index in [9.17, 15) is 4.79 Å². The first-order valence-electron chi connectivity index (χ1n) is 7.58. The standard InChI is InChI=1S/C17H23N3O2/c1-4-16-15(17(21)18-10-5-11-22-3)12-19-20(16)14-8-6-13(2)7-9-14/h6-9,12H,4-5,10-11H2,1-3H3,(H,18,21). The van der Waals surface area contributed by atoms with Crippen molar-refractivity contribution in [3.8, 4) is 5.69 Å². The summed E-state index contributed by atoms with van der Waals surface area (Å²) >= 11 is 0. The van der Waals surface area contributed by atoms with E-state index in [-0.39, 0.29) is 5.91 Å². The molecule has 22 heavy (non-hydrogen) atoms. The Morgan fingerprint density at radius 1 is 1.32 bits per heavy atom. The molecule has 0 spiro atoms. The summed E-state index contributed by atoms with van der Waals surface area (Å²) in [6.45, 7) is 5.32. The molecule has 0 fully saturated rings. The Morgan fingerprint density at radius 3 is 2.68 bits per heavy atom. The van der Waals surface area contributed by atoms with Crippen LogP contribution in [0.1, 0.15) is 35.0 Å². The van der Waals surface area contributed by atoms with Crippen LogP contribution in [0.4, 0.5) is 0 Å². The van der Waals surface area contributed by atoms with E-state index in [1.54, 1.807) is 13.3 Å². The Balaban J connectivity index is 2.16. The maximum Gasteiger partial charge on any atom is 0.254 e. The molecule has 5 heteroatoms. The van der Waals surface area contributed by atoms with Crippen molar-refractivity contribution >= 4 is 5.91 Å². The number of benzene rings is 1. The summed E-state index contributed by atoms with van der Waals surface area (Å²) in [4.78, 5) is 12.3. The number of amides is 1. The number of methoxy groups -OCH3 is 1. The monoisotopic (exact) mass is 301 g/mol. The molecule has 0 saturated carbocycles. The molecule has 1 aromatic carbocycles. The lowest BCUT2D eigenvalue weighted by Crippen LogP contribution is -2.26. The molecule has 0 aliphatic carbocycles. The Kier molecular flexibility index (Phi) is 5.72. The molecule has 0 atom stereocenters. The zero-order valence-electron chi connectivity index (χ0n) is 13.4. The number of carbonyl (C=O) groups is 1. The van der Waals surface area contributed by atoms with Gasteiger partial charge in [0.1, 0.15) is 0 Å². The fourth-order valence-corrected chi connectivity index (χ4v) is 2.33. The highest BCUT2D eigenvalue weighted by atomic mass is 16.5. The van der Waals surface area contributed by atoms with E-state index in [0.29, 0.717) is 18.7 Å². The lowest BCUT2D eigenvalue weighted by atomic mass is 10.1. The summed E-state index contributed by atoms with van der Waals surface area (Å²) in [5.74, 6) is -0.0775. The van der Waals surface area contributed by atoms with Gasteiger partial charge in [0.25, 0.3) is 5.91 Å². The van der Waals surface area contributed by atoms with Crippen molar-refractivity contribution in [3.63, 3.8) is 0 Å². The molecule has 0 saturated heterocycles.